The van der Waals surface area contributed by atoms with Crippen molar-refractivity contribution in [2.45, 2.75) is 0 Å². The van der Waals surface area contributed by atoms with E-state index in [1.165, 1.54) is 31.4 Å². The second-order valence-corrected chi connectivity index (χ2v) is 2.74. The zero-order valence-electron chi connectivity index (χ0n) is 8.10. The van der Waals surface area contributed by atoms with Crippen molar-refractivity contribution in [1.29, 1.82) is 5.26 Å². The third-order valence-electron chi connectivity index (χ3n) is 1.75. The average Bonchev–Trinajstić information content (AvgIpc) is 2.27. The summed E-state index contributed by atoms with van der Waals surface area (Å²) >= 11 is 0. The standard InChI is InChI=1S/C11H9NO3/c1-15-11(14)5-3-8-2-4-10(13)9(6-8)7-12/h2-6,13H,1H3/b5-3+. The summed E-state index contributed by atoms with van der Waals surface area (Å²) in [5, 5.41) is 17.9. The van der Waals surface area contributed by atoms with Crippen LogP contribution in [0, 0.1) is 11.3 Å². The van der Waals surface area contributed by atoms with Crippen LogP contribution >= 0.6 is 0 Å². The second kappa shape index (κ2) is 4.82. The van der Waals surface area contributed by atoms with Crippen LogP contribution in [-0.2, 0) is 9.53 Å². The van der Waals surface area contributed by atoms with E-state index < -0.39 is 5.97 Å². The number of carbonyl (C=O) groups excluding carboxylic acids is 1. The van der Waals surface area contributed by atoms with Crippen molar-refractivity contribution >= 4 is 12.0 Å². The van der Waals surface area contributed by atoms with Crippen molar-refractivity contribution < 1.29 is 14.6 Å². The Bertz CT molecular complexity index is 444. The Balaban J connectivity index is 2.94. The lowest BCUT2D eigenvalue weighted by Crippen LogP contribution is -1.93. The molecule has 76 valence electrons. The van der Waals surface area contributed by atoms with Gasteiger partial charge in [0.05, 0.1) is 12.7 Å². The van der Waals surface area contributed by atoms with Crippen molar-refractivity contribution in [2.75, 3.05) is 7.11 Å². The van der Waals surface area contributed by atoms with E-state index in [1.54, 1.807) is 6.07 Å². The zero-order chi connectivity index (χ0) is 11.3. The molecule has 0 unspecified atom stereocenters. The first-order valence-electron chi connectivity index (χ1n) is 4.16. The molecule has 0 radical (unpaired) electrons. The topological polar surface area (TPSA) is 70.3 Å². The summed E-state index contributed by atoms with van der Waals surface area (Å²) in [5.74, 6) is -0.547. The predicted molar refractivity (Wildman–Crippen MR) is 53.9 cm³/mol. The summed E-state index contributed by atoms with van der Waals surface area (Å²) < 4.78 is 4.41. The van der Waals surface area contributed by atoms with Gasteiger partial charge >= 0.3 is 5.97 Å². The SMILES string of the molecule is COC(=O)/C=C/c1ccc(O)c(C#N)c1. The first kappa shape index (κ1) is 10.8. The van der Waals surface area contributed by atoms with Crippen molar-refractivity contribution in [2.24, 2.45) is 0 Å². The number of hydrogen-bond donors (Lipinski definition) is 1. The van der Waals surface area contributed by atoms with Crippen molar-refractivity contribution in [1.82, 2.24) is 0 Å². The Morgan fingerprint density at radius 3 is 2.93 bits per heavy atom. The number of carbonyl (C=O) groups is 1. The van der Waals surface area contributed by atoms with Gasteiger partial charge in [0.1, 0.15) is 11.8 Å². The van der Waals surface area contributed by atoms with Gasteiger partial charge in [-0.1, -0.05) is 6.07 Å². The number of rotatable bonds is 2. The molecule has 0 atom stereocenters. The first-order valence-corrected chi connectivity index (χ1v) is 4.16. The molecular formula is C11H9NO3. The Kier molecular flexibility index (Phi) is 3.47. The molecule has 4 heteroatoms. The van der Waals surface area contributed by atoms with Gasteiger partial charge in [-0.15, -0.1) is 0 Å². The van der Waals surface area contributed by atoms with Crippen LogP contribution in [0.15, 0.2) is 24.3 Å². The smallest absolute Gasteiger partial charge is 0.330 e. The van der Waals surface area contributed by atoms with E-state index in [2.05, 4.69) is 4.74 Å². The first-order chi connectivity index (χ1) is 7.17. The lowest BCUT2D eigenvalue weighted by atomic mass is 10.1. The number of nitriles is 1. The fourth-order valence-electron chi connectivity index (χ4n) is 0.979. The fraction of sp³-hybridized carbons (Fsp3) is 0.0909. The number of hydrogen-bond acceptors (Lipinski definition) is 4. The molecule has 0 aliphatic heterocycles. The molecule has 0 fully saturated rings. The lowest BCUT2D eigenvalue weighted by Gasteiger charge is -1.97. The zero-order valence-corrected chi connectivity index (χ0v) is 8.10. The molecule has 1 aromatic rings. The molecular weight excluding hydrogens is 194 g/mol. The molecule has 15 heavy (non-hydrogen) atoms. The van der Waals surface area contributed by atoms with Crippen LogP contribution in [0.5, 0.6) is 5.75 Å². The Hall–Kier alpha value is -2.28. The molecule has 0 heterocycles. The molecule has 0 aromatic heterocycles. The molecule has 1 N–H and O–H groups in total. The van der Waals surface area contributed by atoms with Gasteiger partial charge in [-0.25, -0.2) is 4.79 Å². The van der Waals surface area contributed by atoms with Crippen LogP contribution in [0.3, 0.4) is 0 Å². The fourth-order valence-corrected chi connectivity index (χ4v) is 0.979. The number of benzene rings is 1. The van der Waals surface area contributed by atoms with Crippen LogP contribution in [0.4, 0.5) is 0 Å². The summed E-state index contributed by atoms with van der Waals surface area (Å²) in [6.45, 7) is 0. The van der Waals surface area contributed by atoms with E-state index in [1.807, 2.05) is 6.07 Å². The molecule has 0 saturated heterocycles. The number of phenols is 1. The van der Waals surface area contributed by atoms with Crippen LogP contribution in [-0.4, -0.2) is 18.2 Å². The van der Waals surface area contributed by atoms with E-state index in [0.717, 1.165) is 0 Å². The number of esters is 1. The van der Waals surface area contributed by atoms with E-state index in [4.69, 9.17) is 5.26 Å². The highest BCUT2D eigenvalue weighted by atomic mass is 16.5. The van der Waals surface area contributed by atoms with Crippen molar-refractivity contribution in [3.63, 3.8) is 0 Å². The average molecular weight is 203 g/mol. The molecule has 0 spiro atoms. The van der Waals surface area contributed by atoms with E-state index in [9.17, 15) is 9.90 Å². The van der Waals surface area contributed by atoms with Crippen molar-refractivity contribution in [3.05, 3.63) is 35.4 Å². The highest BCUT2D eigenvalue weighted by Crippen LogP contribution is 2.17. The third-order valence-corrected chi connectivity index (χ3v) is 1.75. The quantitative estimate of drug-likeness (QED) is 0.583. The summed E-state index contributed by atoms with van der Waals surface area (Å²) in [4.78, 5) is 10.8. The molecule has 0 aliphatic rings. The van der Waals surface area contributed by atoms with Gasteiger partial charge in [-0.3, -0.25) is 0 Å². The van der Waals surface area contributed by atoms with Crippen molar-refractivity contribution in [3.8, 4) is 11.8 Å². The Labute approximate surface area is 87.0 Å². The molecule has 0 bridgehead atoms. The monoisotopic (exact) mass is 203 g/mol. The minimum absolute atomic E-state index is 0.0762. The molecule has 0 aliphatic carbocycles. The minimum Gasteiger partial charge on any atom is -0.507 e. The number of nitrogens with zero attached hydrogens (tertiary/aromatic N) is 1. The Morgan fingerprint density at radius 2 is 2.33 bits per heavy atom. The van der Waals surface area contributed by atoms with Gasteiger partial charge in [0.15, 0.2) is 0 Å². The number of phenolic OH excluding ortho intramolecular Hbond substituents is 1. The lowest BCUT2D eigenvalue weighted by molar-refractivity contribution is -0.134. The Morgan fingerprint density at radius 1 is 1.60 bits per heavy atom. The normalized spacial score (nSPS) is 9.87. The number of methoxy groups -OCH3 is 1. The number of ether oxygens (including phenoxy) is 1. The highest BCUT2D eigenvalue weighted by Gasteiger charge is 2.00. The summed E-state index contributed by atoms with van der Waals surface area (Å²) in [7, 11) is 1.28. The summed E-state index contributed by atoms with van der Waals surface area (Å²) in [6, 6.07) is 6.31. The third kappa shape index (κ3) is 2.85. The van der Waals surface area contributed by atoms with Crippen LogP contribution in [0.1, 0.15) is 11.1 Å². The van der Waals surface area contributed by atoms with Gasteiger partial charge in [-0.05, 0) is 23.8 Å². The van der Waals surface area contributed by atoms with Gasteiger partial charge in [-0.2, -0.15) is 5.26 Å². The molecule has 1 rings (SSSR count). The van der Waals surface area contributed by atoms with E-state index >= 15 is 0 Å². The second-order valence-electron chi connectivity index (χ2n) is 2.74. The molecule has 0 saturated carbocycles. The van der Waals surface area contributed by atoms with E-state index in [-0.39, 0.29) is 11.3 Å². The molecule has 1 aromatic carbocycles. The molecule has 4 nitrogen and oxygen atoms in total. The maximum absolute atomic E-state index is 10.8. The maximum Gasteiger partial charge on any atom is 0.330 e. The summed E-state index contributed by atoms with van der Waals surface area (Å²) in [6.07, 6.45) is 2.75. The van der Waals surface area contributed by atoms with Gasteiger partial charge in [0.2, 0.25) is 0 Å². The maximum atomic E-state index is 10.8. The van der Waals surface area contributed by atoms with E-state index in [0.29, 0.717) is 5.56 Å². The van der Waals surface area contributed by atoms with Gasteiger partial charge in [0.25, 0.3) is 0 Å². The largest absolute Gasteiger partial charge is 0.507 e. The summed E-state index contributed by atoms with van der Waals surface area (Å²) in [5.41, 5.74) is 0.816. The minimum atomic E-state index is -0.471. The van der Waals surface area contributed by atoms with Crippen LogP contribution in [0.25, 0.3) is 6.08 Å². The van der Waals surface area contributed by atoms with Crippen LogP contribution < -0.4 is 0 Å². The number of aromatic hydroxyl groups is 1. The highest BCUT2D eigenvalue weighted by molar-refractivity contribution is 5.87. The van der Waals surface area contributed by atoms with Gasteiger partial charge < -0.3 is 9.84 Å². The molecule has 0 amide bonds. The van der Waals surface area contributed by atoms with Crippen LogP contribution in [0.2, 0.25) is 0 Å². The van der Waals surface area contributed by atoms with Gasteiger partial charge in [0, 0.05) is 6.08 Å². The predicted octanol–water partition coefficient (Wildman–Crippen LogP) is 1.45.